The summed E-state index contributed by atoms with van der Waals surface area (Å²) in [5.41, 5.74) is 0. The van der Waals surface area contributed by atoms with Crippen LogP contribution < -0.4 is 5.32 Å². The van der Waals surface area contributed by atoms with Crippen LogP contribution in [0.5, 0.6) is 0 Å². The third kappa shape index (κ3) is 65.4. The monoisotopic (exact) mass is 1110 g/mol. The zero-order valence-corrected chi connectivity index (χ0v) is 53.6. The van der Waals surface area contributed by atoms with E-state index in [9.17, 15) is 19.8 Å². The van der Waals surface area contributed by atoms with Crippen LogP contribution in [0, 0.1) is 0 Å². The maximum Gasteiger partial charge on any atom is 0.305 e. The molecule has 0 fully saturated rings. The Morgan fingerprint density at radius 3 is 0.962 bits per heavy atom. The molecule has 0 saturated heterocycles. The van der Waals surface area contributed by atoms with Gasteiger partial charge in [-0.3, -0.25) is 9.59 Å². The van der Waals surface area contributed by atoms with Gasteiger partial charge in [0.15, 0.2) is 0 Å². The van der Waals surface area contributed by atoms with E-state index in [1.54, 1.807) is 0 Å². The molecule has 0 aliphatic heterocycles. The van der Waals surface area contributed by atoms with E-state index in [1.165, 1.54) is 327 Å². The van der Waals surface area contributed by atoms with E-state index in [2.05, 4.69) is 43.5 Å². The molecule has 0 aliphatic rings. The van der Waals surface area contributed by atoms with Gasteiger partial charge in [-0.15, -0.1) is 0 Å². The van der Waals surface area contributed by atoms with Gasteiger partial charge in [-0.05, 0) is 57.8 Å². The molecule has 0 radical (unpaired) electrons. The molecule has 6 nitrogen and oxygen atoms in total. The molecule has 468 valence electrons. The van der Waals surface area contributed by atoms with Gasteiger partial charge in [0.05, 0.1) is 25.4 Å². The lowest BCUT2D eigenvalue weighted by Crippen LogP contribution is -2.45. The molecule has 0 heterocycles. The van der Waals surface area contributed by atoms with Crippen molar-refractivity contribution in [1.82, 2.24) is 5.32 Å². The molecule has 3 N–H and O–H groups in total. The first kappa shape index (κ1) is 77.3. The van der Waals surface area contributed by atoms with Crippen molar-refractivity contribution in [3.63, 3.8) is 0 Å². The Bertz CT molecular complexity index is 1230. The minimum atomic E-state index is -0.663. The molecule has 0 aromatic heterocycles. The molecular weight excluding hydrogens is 971 g/mol. The van der Waals surface area contributed by atoms with Gasteiger partial charge in [-0.2, -0.15) is 0 Å². The topological polar surface area (TPSA) is 95.9 Å². The number of esters is 1. The average Bonchev–Trinajstić information content (AvgIpc) is 3.45. The normalized spacial score (nSPS) is 12.6. The first-order valence-electron chi connectivity index (χ1n) is 36.1. The van der Waals surface area contributed by atoms with Crippen LogP contribution in [0.15, 0.2) is 24.3 Å². The summed E-state index contributed by atoms with van der Waals surface area (Å²) in [5.74, 6) is -0.0145. The molecule has 6 heteroatoms. The van der Waals surface area contributed by atoms with E-state index in [0.29, 0.717) is 25.9 Å². The van der Waals surface area contributed by atoms with Gasteiger partial charge in [0, 0.05) is 12.8 Å². The maximum atomic E-state index is 12.5. The molecule has 0 spiro atoms. The van der Waals surface area contributed by atoms with Crippen LogP contribution in [0.4, 0.5) is 0 Å². The van der Waals surface area contributed by atoms with E-state index >= 15 is 0 Å². The fourth-order valence-electron chi connectivity index (χ4n) is 11.5. The number of hydrogen-bond acceptors (Lipinski definition) is 5. The van der Waals surface area contributed by atoms with Crippen LogP contribution in [-0.2, 0) is 14.3 Å². The smallest absolute Gasteiger partial charge is 0.305 e. The number of hydrogen-bond donors (Lipinski definition) is 3. The van der Waals surface area contributed by atoms with Crippen LogP contribution in [0.25, 0.3) is 0 Å². The first-order chi connectivity index (χ1) is 39.0. The fraction of sp³-hybridized carbons (Fsp3) is 0.918. The Labute approximate surface area is 494 Å². The second-order valence-corrected chi connectivity index (χ2v) is 24.9. The van der Waals surface area contributed by atoms with Crippen LogP contribution in [0.1, 0.15) is 406 Å². The third-order valence-electron chi connectivity index (χ3n) is 17.0. The summed E-state index contributed by atoms with van der Waals surface area (Å²) in [5, 5.41) is 23.4. The van der Waals surface area contributed by atoms with Gasteiger partial charge >= 0.3 is 5.97 Å². The van der Waals surface area contributed by atoms with Crippen molar-refractivity contribution in [3.05, 3.63) is 24.3 Å². The second kappa shape index (κ2) is 68.8. The predicted molar refractivity (Wildman–Crippen MR) is 347 cm³/mol. The van der Waals surface area contributed by atoms with Gasteiger partial charge in [0.25, 0.3) is 0 Å². The predicted octanol–water partition coefficient (Wildman–Crippen LogP) is 23.3. The highest BCUT2D eigenvalue weighted by molar-refractivity contribution is 5.76. The molecule has 0 saturated carbocycles. The van der Waals surface area contributed by atoms with Crippen molar-refractivity contribution in [2.75, 3.05) is 13.2 Å². The summed E-state index contributed by atoms with van der Waals surface area (Å²) < 4.78 is 5.47. The lowest BCUT2D eigenvalue weighted by Gasteiger charge is -2.22. The van der Waals surface area contributed by atoms with E-state index < -0.39 is 12.1 Å². The summed E-state index contributed by atoms with van der Waals surface area (Å²) in [6, 6.07) is -0.540. The van der Waals surface area contributed by atoms with Gasteiger partial charge in [-0.25, -0.2) is 0 Å². The Morgan fingerprint density at radius 1 is 0.354 bits per heavy atom. The van der Waals surface area contributed by atoms with Crippen LogP contribution >= 0.6 is 0 Å². The summed E-state index contributed by atoms with van der Waals surface area (Å²) >= 11 is 0. The molecule has 0 aromatic carbocycles. The standard InChI is InChI=1S/C73H141NO5/c1-3-5-7-9-11-13-15-16-17-18-36-39-42-46-49-53-57-61-65-71(76)70(69-75)74-72(77)66-62-58-54-50-47-43-40-37-34-32-30-28-26-24-22-20-19-21-23-25-27-29-31-33-35-38-41-44-48-52-56-60-64-68-79-73(78)67-63-59-55-51-45-14-12-10-8-6-4-2/h23,25,29,31,70-71,75-76H,3-22,24,26-28,30,32-69H2,1-2H3,(H,74,77)/b25-23-,31-29-. The highest BCUT2D eigenvalue weighted by Gasteiger charge is 2.20. The number of nitrogens with one attached hydrogen (secondary N) is 1. The minimum Gasteiger partial charge on any atom is -0.466 e. The van der Waals surface area contributed by atoms with Crippen molar-refractivity contribution >= 4 is 11.9 Å². The molecular formula is C73H141NO5. The zero-order valence-electron chi connectivity index (χ0n) is 53.6. The van der Waals surface area contributed by atoms with Crippen LogP contribution in [-0.4, -0.2) is 47.4 Å². The molecule has 0 bridgehead atoms. The minimum absolute atomic E-state index is 0.0145. The van der Waals surface area contributed by atoms with E-state index in [0.717, 1.165) is 44.9 Å². The lowest BCUT2D eigenvalue weighted by atomic mass is 10.0. The van der Waals surface area contributed by atoms with Crippen molar-refractivity contribution in [2.24, 2.45) is 0 Å². The number of carbonyl (C=O) groups excluding carboxylic acids is 2. The van der Waals surface area contributed by atoms with Crippen LogP contribution in [0.3, 0.4) is 0 Å². The summed E-state index contributed by atoms with van der Waals surface area (Å²) in [6.07, 6.45) is 86.7. The maximum absolute atomic E-state index is 12.5. The van der Waals surface area contributed by atoms with E-state index in [4.69, 9.17) is 4.74 Å². The lowest BCUT2D eigenvalue weighted by molar-refractivity contribution is -0.143. The number of unbranched alkanes of at least 4 members (excludes halogenated alkanes) is 53. The van der Waals surface area contributed by atoms with Gasteiger partial charge in [0.2, 0.25) is 5.91 Å². The number of allylic oxidation sites excluding steroid dienone is 4. The second-order valence-electron chi connectivity index (χ2n) is 24.9. The number of ether oxygens (including phenoxy) is 1. The third-order valence-corrected chi connectivity index (χ3v) is 17.0. The zero-order chi connectivity index (χ0) is 57.1. The molecule has 79 heavy (non-hydrogen) atoms. The van der Waals surface area contributed by atoms with Gasteiger partial charge < -0.3 is 20.3 Å². The summed E-state index contributed by atoms with van der Waals surface area (Å²) in [6.45, 7) is 4.98. The number of aliphatic hydroxyl groups excluding tert-OH is 2. The molecule has 0 aromatic rings. The molecule has 1 amide bonds. The Kier molecular flexibility index (Phi) is 67.4. The van der Waals surface area contributed by atoms with Crippen LogP contribution in [0.2, 0.25) is 0 Å². The molecule has 0 aliphatic carbocycles. The van der Waals surface area contributed by atoms with E-state index in [1.807, 2.05) is 0 Å². The van der Waals surface area contributed by atoms with Crippen molar-refractivity contribution < 1.29 is 24.5 Å². The first-order valence-corrected chi connectivity index (χ1v) is 36.1. The summed E-state index contributed by atoms with van der Waals surface area (Å²) in [4.78, 5) is 24.5. The van der Waals surface area contributed by atoms with E-state index in [-0.39, 0.29) is 18.5 Å². The quantitative estimate of drug-likeness (QED) is 0.0320. The highest BCUT2D eigenvalue weighted by Crippen LogP contribution is 2.19. The molecule has 2 unspecified atom stereocenters. The van der Waals surface area contributed by atoms with Gasteiger partial charge in [-0.1, -0.05) is 359 Å². The van der Waals surface area contributed by atoms with Crippen molar-refractivity contribution in [2.45, 2.75) is 418 Å². The number of rotatable bonds is 68. The molecule has 2 atom stereocenters. The summed E-state index contributed by atoms with van der Waals surface area (Å²) in [7, 11) is 0. The van der Waals surface area contributed by atoms with Crippen molar-refractivity contribution in [1.29, 1.82) is 0 Å². The number of carbonyl (C=O) groups is 2. The average molecular weight is 1110 g/mol. The fourth-order valence-corrected chi connectivity index (χ4v) is 11.5. The SMILES string of the molecule is CCCCCCCCCCCCCCCCCCCCC(O)C(CO)NC(=O)CCCCCCCCCCCCCCCCCCC/C=C\C/C=C\CCCCCCCCCCCOC(=O)CCCCCCCCCCCCC. The number of aliphatic hydroxyl groups is 2. The largest absolute Gasteiger partial charge is 0.466 e. The number of amides is 1. The van der Waals surface area contributed by atoms with Gasteiger partial charge in [0.1, 0.15) is 0 Å². The molecule has 0 rings (SSSR count). The Hall–Kier alpha value is -1.66. The Morgan fingerprint density at radius 2 is 0.633 bits per heavy atom. The highest BCUT2D eigenvalue weighted by atomic mass is 16.5. The Balaban J connectivity index is 3.38. The van der Waals surface area contributed by atoms with Crippen molar-refractivity contribution in [3.8, 4) is 0 Å².